The largest absolute Gasteiger partial charge is 0.394 e. The molecule has 0 aliphatic carbocycles. The van der Waals surface area contributed by atoms with Gasteiger partial charge in [-0.15, -0.1) is 0 Å². The molecule has 3 saturated heterocycles. The number of nitrogens with one attached hydrogen (secondary N) is 2. The number of nitrogens with zero attached hydrogens (tertiary/aromatic N) is 1. The molecule has 0 aromatic carbocycles. The molecular weight excluding hydrogens is 374 g/mol. The third-order valence-corrected chi connectivity index (χ3v) is 7.30. The standard InChI is InChI=1S/C21H35N3O5/c1-5-8-11-23-18(27)16-21-10-9-20(7-3,29-21)14(17(26)22-4)15(21)19(28)24(16)13(6-2)12-25/h13-16,25H,5-12H2,1-4H3,(H,22,26)(H,23,27)/t13-,14+,15-,16?,20-,21?/m0/s1. The van der Waals surface area contributed by atoms with E-state index in [9.17, 15) is 19.5 Å². The summed E-state index contributed by atoms with van der Waals surface area (Å²) in [4.78, 5) is 41.3. The summed E-state index contributed by atoms with van der Waals surface area (Å²) in [6.45, 7) is 6.20. The quantitative estimate of drug-likeness (QED) is 0.483. The van der Waals surface area contributed by atoms with E-state index in [1.54, 1.807) is 7.05 Å². The van der Waals surface area contributed by atoms with Gasteiger partial charge in [0.05, 0.1) is 30.1 Å². The van der Waals surface area contributed by atoms with Crippen LogP contribution < -0.4 is 10.6 Å². The molecule has 0 aromatic rings. The molecule has 0 saturated carbocycles. The third kappa shape index (κ3) is 3.06. The SMILES string of the molecule is CCCCNC(=O)C1N([C@@H](CC)CO)C(=O)[C@@H]2[C@H](C(=O)NC)[C@]3(CC)CCC12O3. The average molecular weight is 410 g/mol. The number of fused-ring (bicyclic) bond motifs is 1. The molecule has 164 valence electrons. The molecule has 3 rings (SSSR count). The molecule has 0 aromatic heterocycles. The number of ether oxygens (including phenoxy) is 1. The molecule has 8 heteroatoms. The van der Waals surface area contributed by atoms with Gasteiger partial charge in [-0.1, -0.05) is 27.2 Å². The highest BCUT2D eigenvalue weighted by Crippen LogP contribution is 2.64. The predicted octanol–water partition coefficient (Wildman–Crippen LogP) is 0.574. The fraction of sp³-hybridized carbons (Fsp3) is 0.857. The van der Waals surface area contributed by atoms with Gasteiger partial charge in [-0.05, 0) is 32.1 Å². The molecule has 3 heterocycles. The van der Waals surface area contributed by atoms with Crippen molar-refractivity contribution in [1.29, 1.82) is 0 Å². The van der Waals surface area contributed by atoms with Crippen molar-refractivity contribution in [1.82, 2.24) is 15.5 Å². The molecule has 0 radical (unpaired) electrons. The van der Waals surface area contributed by atoms with Crippen molar-refractivity contribution < 1.29 is 24.2 Å². The number of aliphatic hydroxyl groups is 1. The van der Waals surface area contributed by atoms with E-state index in [1.165, 1.54) is 4.90 Å². The number of unbranched alkanes of at least 4 members (excludes halogenated alkanes) is 1. The summed E-state index contributed by atoms with van der Waals surface area (Å²) >= 11 is 0. The van der Waals surface area contributed by atoms with E-state index < -0.39 is 35.1 Å². The maximum absolute atomic E-state index is 13.6. The van der Waals surface area contributed by atoms with Gasteiger partial charge >= 0.3 is 0 Å². The van der Waals surface area contributed by atoms with Crippen molar-refractivity contribution >= 4 is 17.7 Å². The maximum Gasteiger partial charge on any atom is 0.245 e. The van der Waals surface area contributed by atoms with Gasteiger partial charge in [0.25, 0.3) is 0 Å². The zero-order valence-electron chi connectivity index (χ0n) is 18.0. The average Bonchev–Trinajstić information content (AvgIpc) is 3.33. The summed E-state index contributed by atoms with van der Waals surface area (Å²) < 4.78 is 6.57. The van der Waals surface area contributed by atoms with E-state index in [1.807, 2.05) is 20.8 Å². The summed E-state index contributed by atoms with van der Waals surface area (Å²) in [6.07, 6.45) is 4.14. The van der Waals surface area contributed by atoms with Crippen LogP contribution in [0.15, 0.2) is 0 Å². The third-order valence-electron chi connectivity index (χ3n) is 7.30. The summed E-state index contributed by atoms with van der Waals surface area (Å²) in [5.74, 6) is -2.02. The van der Waals surface area contributed by atoms with Gasteiger partial charge in [0.15, 0.2) is 0 Å². The lowest BCUT2D eigenvalue weighted by molar-refractivity contribution is -0.151. The number of aliphatic hydroxyl groups excluding tert-OH is 1. The Kier molecular flexibility index (Phi) is 6.24. The Morgan fingerprint density at radius 3 is 2.55 bits per heavy atom. The lowest BCUT2D eigenvalue weighted by atomic mass is 9.65. The summed E-state index contributed by atoms with van der Waals surface area (Å²) in [6, 6.07) is -1.30. The Labute approximate surface area is 172 Å². The van der Waals surface area contributed by atoms with Gasteiger partial charge in [-0.3, -0.25) is 14.4 Å². The number of hydrogen-bond donors (Lipinski definition) is 3. The zero-order valence-corrected chi connectivity index (χ0v) is 18.0. The first kappa shape index (κ1) is 22.0. The van der Waals surface area contributed by atoms with Crippen LogP contribution in [0.3, 0.4) is 0 Å². The minimum atomic E-state index is -1.01. The van der Waals surface area contributed by atoms with Crippen molar-refractivity contribution in [2.24, 2.45) is 11.8 Å². The highest BCUT2D eigenvalue weighted by Gasteiger charge is 2.78. The van der Waals surface area contributed by atoms with Crippen LogP contribution in [0.5, 0.6) is 0 Å². The van der Waals surface area contributed by atoms with E-state index in [4.69, 9.17) is 4.74 Å². The molecule has 2 unspecified atom stereocenters. The van der Waals surface area contributed by atoms with Crippen molar-refractivity contribution in [3.63, 3.8) is 0 Å². The zero-order chi connectivity index (χ0) is 21.4. The topological polar surface area (TPSA) is 108 Å². The number of carbonyl (C=O) groups excluding carboxylic acids is 3. The van der Waals surface area contributed by atoms with Gasteiger partial charge in [0.1, 0.15) is 11.6 Å². The van der Waals surface area contributed by atoms with Crippen LogP contribution in [0.4, 0.5) is 0 Å². The Bertz CT molecular complexity index is 667. The molecular formula is C21H35N3O5. The van der Waals surface area contributed by atoms with Crippen LogP contribution in [0, 0.1) is 11.8 Å². The normalized spacial score (nSPS) is 36.2. The molecule has 3 aliphatic heterocycles. The van der Waals surface area contributed by atoms with Crippen molar-refractivity contribution in [2.45, 2.75) is 82.6 Å². The molecule has 3 N–H and O–H groups in total. The van der Waals surface area contributed by atoms with E-state index >= 15 is 0 Å². The first-order valence-electron chi connectivity index (χ1n) is 11.0. The van der Waals surface area contributed by atoms with Crippen LogP contribution in [0.1, 0.15) is 59.3 Å². The van der Waals surface area contributed by atoms with Gasteiger partial charge in [0.2, 0.25) is 17.7 Å². The van der Waals surface area contributed by atoms with Crippen molar-refractivity contribution in [2.75, 3.05) is 20.2 Å². The Balaban J connectivity index is 2.06. The molecule has 3 amide bonds. The highest BCUT2D eigenvalue weighted by molar-refractivity contribution is 5.99. The van der Waals surface area contributed by atoms with Crippen LogP contribution in [-0.4, -0.2) is 71.2 Å². The van der Waals surface area contributed by atoms with Crippen molar-refractivity contribution in [3.05, 3.63) is 0 Å². The summed E-state index contributed by atoms with van der Waals surface area (Å²) in [7, 11) is 1.57. The Morgan fingerprint density at radius 2 is 2.00 bits per heavy atom. The number of likely N-dealkylation sites (tertiary alicyclic amines) is 1. The second-order valence-corrected chi connectivity index (χ2v) is 8.58. The molecule has 3 fully saturated rings. The van der Waals surface area contributed by atoms with Crippen LogP contribution >= 0.6 is 0 Å². The molecule has 6 atom stereocenters. The van der Waals surface area contributed by atoms with E-state index in [-0.39, 0.29) is 24.3 Å². The van der Waals surface area contributed by atoms with Gasteiger partial charge in [-0.2, -0.15) is 0 Å². The maximum atomic E-state index is 13.6. The molecule has 2 bridgehead atoms. The molecule has 1 spiro atoms. The fourth-order valence-electron chi connectivity index (χ4n) is 5.80. The number of carbonyl (C=O) groups is 3. The molecule has 3 aliphatic rings. The second kappa shape index (κ2) is 8.22. The van der Waals surface area contributed by atoms with Crippen LogP contribution in [0.2, 0.25) is 0 Å². The van der Waals surface area contributed by atoms with E-state index in [0.29, 0.717) is 32.2 Å². The number of amides is 3. The molecule has 8 nitrogen and oxygen atoms in total. The van der Waals surface area contributed by atoms with Crippen LogP contribution in [0.25, 0.3) is 0 Å². The van der Waals surface area contributed by atoms with Gasteiger partial charge < -0.3 is 25.4 Å². The second-order valence-electron chi connectivity index (χ2n) is 8.58. The highest BCUT2D eigenvalue weighted by atomic mass is 16.5. The Hall–Kier alpha value is -1.67. The minimum absolute atomic E-state index is 0.212. The molecule has 29 heavy (non-hydrogen) atoms. The van der Waals surface area contributed by atoms with Gasteiger partial charge in [-0.25, -0.2) is 0 Å². The number of hydrogen-bond acceptors (Lipinski definition) is 5. The first-order chi connectivity index (χ1) is 13.9. The lowest BCUT2D eigenvalue weighted by Gasteiger charge is -2.37. The summed E-state index contributed by atoms with van der Waals surface area (Å²) in [5, 5.41) is 15.6. The van der Waals surface area contributed by atoms with E-state index in [2.05, 4.69) is 10.6 Å². The van der Waals surface area contributed by atoms with Gasteiger partial charge in [0, 0.05) is 13.6 Å². The smallest absolute Gasteiger partial charge is 0.245 e. The minimum Gasteiger partial charge on any atom is -0.394 e. The monoisotopic (exact) mass is 409 g/mol. The fourth-order valence-corrected chi connectivity index (χ4v) is 5.80. The lowest BCUT2D eigenvalue weighted by Crippen LogP contribution is -2.58. The predicted molar refractivity (Wildman–Crippen MR) is 107 cm³/mol. The van der Waals surface area contributed by atoms with Crippen molar-refractivity contribution in [3.8, 4) is 0 Å². The summed E-state index contributed by atoms with van der Waals surface area (Å²) in [5.41, 5.74) is -1.72. The van der Waals surface area contributed by atoms with E-state index in [0.717, 1.165) is 12.8 Å². The number of rotatable bonds is 9. The van der Waals surface area contributed by atoms with Crippen LogP contribution in [-0.2, 0) is 19.1 Å². The Morgan fingerprint density at radius 1 is 1.28 bits per heavy atom. The first-order valence-corrected chi connectivity index (χ1v) is 11.0.